The number of hydrogen-bond donors (Lipinski definition) is 1. The van der Waals surface area contributed by atoms with E-state index in [9.17, 15) is 4.79 Å². The number of benzene rings is 2. The summed E-state index contributed by atoms with van der Waals surface area (Å²) in [5, 5.41) is 3.66. The first kappa shape index (κ1) is 18.6. The Morgan fingerprint density at radius 2 is 1.79 bits per heavy atom. The summed E-state index contributed by atoms with van der Waals surface area (Å²) in [6, 6.07) is 12.7. The van der Waals surface area contributed by atoms with Gasteiger partial charge in [0.15, 0.2) is 6.10 Å². The number of ether oxygens (including phenoxy) is 1. The largest absolute Gasteiger partial charge is 0.481 e. The smallest absolute Gasteiger partial charge is 0.265 e. The van der Waals surface area contributed by atoms with Gasteiger partial charge in [0.1, 0.15) is 5.75 Å². The van der Waals surface area contributed by atoms with Gasteiger partial charge in [-0.25, -0.2) is 0 Å². The van der Waals surface area contributed by atoms with Crippen LogP contribution in [-0.2, 0) is 10.2 Å². The van der Waals surface area contributed by atoms with Crippen molar-refractivity contribution in [3.05, 3.63) is 58.1 Å². The topological polar surface area (TPSA) is 38.3 Å². The van der Waals surface area contributed by atoms with Crippen LogP contribution in [0.15, 0.2) is 42.5 Å². The van der Waals surface area contributed by atoms with Gasteiger partial charge in [-0.3, -0.25) is 4.79 Å². The van der Waals surface area contributed by atoms with Crippen LogP contribution in [0.1, 0.15) is 33.3 Å². The molecule has 0 fully saturated rings. The van der Waals surface area contributed by atoms with Gasteiger partial charge in [0, 0.05) is 5.02 Å². The van der Waals surface area contributed by atoms with Crippen molar-refractivity contribution in [3.8, 4) is 5.75 Å². The lowest BCUT2D eigenvalue weighted by atomic mass is 9.86. The molecule has 0 radical (unpaired) electrons. The molecule has 2 aromatic rings. The predicted molar refractivity (Wildman–Crippen MR) is 100 cm³/mol. The molecule has 1 amide bonds. The van der Waals surface area contributed by atoms with E-state index < -0.39 is 6.10 Å². The van der Waals surface area contributed by atoms with E-state index in [1.807, 2.05) is 24.3 Å². The van der Waals surface area contributed by atoms with Crippen LogP contribution < -0.4 is 10.1 Å². The first-order chi connectivity index (χ1) is 11.2. The van der Waals surface area contributed by atoms with E-state index in [-0.39, 0.29) is 11.3 Å². The molecule has 0 aromatic heterocycles. The Kier molecular flexibility index (Phi) is 5.79. The molecule has 0 spiro atoms. The van der Waals surface area contributed by atoms with E-state index in [1.165, 1.54) is 0 Å². The highest BCUT2D eigenvalue weighted by Gasteiger charge is 2.22. The third kappa shape index (κ3) is 4.65. The van der Waals surface area contributed by atoms with Crippen LogP contribution in [0.5, 0.6) is 5.75 Å². The van der Waals surface area contributed by atoms with E-state index >= 15 is 0 Å². The normalized spacial score (nSPS) is 12.6. The Hall–Kier alpha value is -1.71. The third-order valence-electron chi connectivity index (χ3n) is 3.56. The SMILES string of the molecule is CC(Oc1ccccc1C(C)(C)C)C(=O)Nc1ccc(Cl)cc1Cl. The van der Waals surface area contributed by atoms with Crippen LogP contribution in [0.2, 0.25) is 10.0 Å². The van der Waals surface area contributed by atoms with Gasteiger partial charge in [-0.15, -0.1) is 0 Å². The summed E-state index contributed by atoms with van der Waals surface area (Å²) in [5.41, 5.74) is 1.48. The summed E-state index contributed by atoms with van der Waals surface area (Å²) in [5.74, 6) is 0.429. The van der Waals surface area contributed by atoms with Crippen molar-refractivity contribution in [3.63, 3.8) is 0 Å². The molecule has 1 atom stereocenters. The number of anilines is 1. The molecule has 0 aliphatic heterocycles. The average Bonchev–Trinajstić information content (AvgIpc) is 2.49. The van der Waals surface area contributed by atoms with Crippen molar-refractivity contribution in [1.82, 2.24) is 0 Å². The molecule has 0 aliphatic rings. The summed E-state index contributed by atoms with van der Waals surface area (Å²) in [6.07, 6.45) is -0.666. The molecule has 0 bridgehead atoms. The first-order valence-corrected chi connectivity index (χ1v) is 8.46. The maximum Gasteiger partial charge on any atom is 0.265 e. The molecule has 1 unspecified atom stereocenters. The number of rotatable bonds is 4. The molecule has 2 aromatic carbocycles. The second kappa shape index (κ2) is 7.45. The summed E-state index contributed by atoms with van der Waals surface area (Å²) in [4.78, 5) is 12.4. The lowest BCUT2D eigenvalue weighted by Gasteiger charge is -2.24. The number of nitrogens with one attached hydrogen (secondary N) is 1. The van der Waals surface area contributed by atoms with Gasteiger partial charge in [0.2, 0.25) is 0 Å². The fourth-order valence-electron chi connectivity index (χ4n) is 2.26. The van der Waals surface area contributed by atoms with Crippen molar-refractivity contribution >= 4 is 34.8 Å². The van der Waals surface area contributed by atoms with Gasteiger partial charge in [0.05, 0.1) is 10.7 Å². The van der Waals surface area contributed by atoms with Gasteiger partial charge < -0.3 is 10.1 Å². The fourth-order valence-corrected chi connectivity index (χ4v) is 2.71. The van der Waals surface area contributed by atoms with Crippen molar-refractivity contribution in [2.45, 2.75) is 39.2 Å². The number of halogens is 2. The standard InChI is InChI=1S/C19H21Cl2NO2/c1-12(18(23)22-16-10-9-13(20)11-15(16)21)24-17-8-6-5-7-14(17)19(2,3)4/h5-12H,1-4H3,(H,22,23). The molecular formula is C19H21Cl2NO2. The van der Waals surface area contributed by atoms with Gasteiger partial charge >= 0.3 is 0 Å². The number of para-hydroxylation sites is 1. The molecule has 0 saturated carbocycles. The van der Waals surface area contributed by atoms with Crippen molar-refractivity contribution in [2.24, 2.45) is 0 Å². The van der Waals surface area contributed by atoms with Crippen LogP contribution in [-0.4, -0.2) is 12.0 Å². The highest BCUT2D eigenvalue weighted by Crippen LogP contribution is 2.32. The molecule has 1 N–H and O–H groups in total. The molecule has 2 rings (SSSR count). The Morgan fingerprint density at radius 3 is 2.42 bits per heavy atom. The average molecular weight is 366 g/mol. The van der Waals surface area contributed by atoms with E-state index in [0.29, 0.717) is 21.5 Å². The second-order valence-corrected chi connectivity index (χ2v) is 7.46. The maximum absolute atomic E-state index is 12.4. The fraction of sp³-hybridized carbons (Fsp3) is 0.316. The van der Waals surface area contributed by atoms with Gasteiger partial charge in [-0.2, -0.15) is 0 Å². The zero-order chi connectivity index (χ0) is 17.9. The lowest BCUT2D eigenvalue weighted by Crippen LogP contribution is -2.31. The maximum atomic E-state index is 12.4. The number of hydrogen-bond acceptors (Lipinski definition) is 2. The Balaban J connectivity index is 2.13. The van der Waals surface area contributed by atoms with Crippen molar-refractivity contribution < 1.29 is 9.53 Å². The predicted octanol–water partition coefficient (Wildman–Crippen LogP) is 5.70. The molecule has 3 nitrogen and oxygen atoms in total. The van der Waals surface area contributed by atoms with Crippen LogP contribution in [0.25, 0.3) is 0 Å². The number of amides is 1. The molecule has 0 aliphatic carbocycles. The highest BCUT2D eigenvalue weighted by molar-refractivity contribution is 6.36. The number of carbonyl (C=O) groups excluding carboxylic acids is 1. The van der Waals surface area contributed by atoms with Crippen LogP contribution in [0, 0.1) is 0 Å². The van der Waals surface area contributed by atoms with Crippen LogP contribution >= 0.6 is 23.2 Å². The second-order valence-electron chi connectivity index (χ2n) is 6.62. The van der Waals surface area contributed by atoms with Gasteiger partial charge in [-0.1, -0.05) is 62.2 Å². The quantitative estimate of drug-likeness (QED) is 0.754. The summed E-state index contributed by atoms with van der Waals surface area (Å²) in [6.45, 7) is 8.02. The van der Waals surface area contributed by atoms with Crippen LogP contribution in [0.3, 0.4) is 0 Å². The minimum absolute atomic E-state index is 0.0771. The minimum Gasteiger partial charge on any atom is -0.481 e. The zero-order valence-corrected chi connectivity index (χ0v) is 15.7. The van der Waals surface area contributed by atoms with Gasteiger partial charge in [-0.05, 0) is 42.2 Å². The highest BCUT2D eigenvalue weighted by atomic mass is 35.5. The van der Waals surface area contributed by atoms with E-state index in [4.69, 9.17) is 27.9 Å². The summed E-state index contributed by atoms with van der Waals surface area (Å²) >= 11 is 11.9. The monoisotopic (exact) mass is 365 g/mol. The Bertz CT molecular complexity index is 738. The molecule has 24 heavy (non-hydrogen) atoms. The molecular weight excluding hydrogens is 345 g/mol. The van der Waals surface area contributed by atoms with Crippen LogP contribution in [0.4, 0.5) is 5.69 Å². The zero-order valence-electron chi connectivity index (χ0n) is 14.2. The Labute approximate surface area is 152 Å². The summed E-state index contributed by atoms with van der Waals surface area (Å²) < 4.78 is 5.89. The first-order valence-electron chi connectivity index (χ1n) is 7.70. The van der Waals surface area contributed by atoms with Crippen molar-refractivity contribution in [1.29, 1.82) is 0 Å². The minimum atomic E-state index is -0.666. The third-order valence-corrected chi connectivity index (χ3v) is 4.10. The van der Waals surface area contributed by atoms with E-state index in [1.54, 1.807) is 25.1 Å². The Morgan fingerprint density at radius 1 is 1.12 bits per heavy atom. The number of carbonyl (C=O) groups is 1. The molecule has 128 valence electrons. The van der Waals surface area contributed by atoms with E-state index in [2.05, 4.69) is 26.1 Å². The van der Waals surface area contributed by atoms with Crippen molar-refractivity contribution in [2.75, 3.05) is 5.32 Å². The lowest BCUT2D eigenvalue weighted by molar-refractivity contribution is -0.122. The van der Waals surface area contributed by atoms with E-state index in [0.717, 1.165) is 5.56 Å². The molecule has 0 heterocycles. The van der Waals surface area contributed by atoms with Gasteiger partial charge in [0.25, 0.3) is 5.91 Å². The molecule has 5 heteroatoms. The summed E-state index contributed by atoms with van der Waals surface area (Å²) in [7, 11) is 0. The molecule has 0 saturated heterocycles.